The molecule has 0 radical (unpaired) electrons. The molecule has 2 rings (SSSR count). The summed E-state index contributed by atoms with van der Waals surface area (Å²) < 4.78 is 4.96. The van der Waals surface area contributed by atoms with Crippen molar-refractivity contribution in [2.45, 2.75) is 26.7 Å². The van der Waals surface area contributed by atoms with Crippen LogP contribution in [0.5, 0.6) is 5.75 Å². The standard InChI is InChI=1S/C18H25N3O5/c1-13(2)4-7-17(22)19-8-10-20(11-9-19)18(23)14-5-6-16(26-3)15(12-14)21(24)25/h5-6,12-13H,4,7-11H2,1-3H3. The van der Waals surface area contributed by atoms with Crippen molar-refractivity contribution in [2.24, 2.45) is 5.92 Å². The number of hydrogen-bond acceptors (Lipinski definition) is 5. The molecule has 8 nitrogen and oxygen atoms in total. The second kappa shape index (κ2) is 8.64. The molecule has 0 aromatic heterocycles. The van der Waals surface area contributed by atoms with Crippen molar-refractivity contribution in [3.8, 4) is 5.75 Å². The molecule has 2 amide bonds. The smallest absolute Gasteiger partial charge is 0.311 e. The normalized spacial score (nSPS) is 14.5. The minimum Gasteiger partial charge on any atom is -0.490 e. The minimum absolute atomic E-state index is 0.117. The molecule has 1 aliphatic heterocycles. The molecule has 8 heteroatoms. The minimum atomic E-state index is -0.569. The van der Waals surface area contributed by atoms with Gasteiger partial charge in [0.2, 0.25) is 5.91 Å². The lowest BCUT2D eigenvalue weighted by Crippen LogP contribution is -2.50. The molecule has 1 aromatic rings. The maximum atomic E-state index is 12.6. The van der Waals surface area contributed by atoms with Crippen LogP contribution in [0.4, 0.5) is 5.69 Å². The van der Waals surface area contributed by atoms with E-state index in [1.54, 1.807) is 9.80 Å². The number of benzene rings is 1. The van der Waals surface area contributed by atoms with E-state index in [0.717, 1.165) is 6.42 Å². The van der Waals surface area contributed by atoms with Gasteiger partial charge in [-0.05, 0) is 24.5 Å². The SMILES string of the molecule is COc1ccc(C(=O)N2CCN(C(=O)CCC(C)C)CC2)cc1[N+](=O)[O-]. The Hall–Kier alpha value is -2.64. The van der Waals surface area contributed by atoms with Crippen LogP contribution in [0.2, 0.25) is 0 Å². The molecular formula is C18H25N3O5. The number of nitro benzene ring substituents is 1. The molecule has 0 spiro atoms. The number of methoxy groups -OCH3 is 1. The Balaban J connectivity index is 1.99. The number of hydrogen-bond donors (Lipinski definition) is 0. The summed E-state index contributed by atoms with van der Waals surface area (Å²) in [5.41, 5.74) is 0.0120. The van der Waals surface area contributed by atoms with E-state index in [0.29, 0.717) is 38.5 Å². The first-order valence-corrected chi connectivity index (χ1v) is 8.73. The van der Waals surface area contributed by atoms with Crippen molar-refractivity contribution in [1.82, 2.24) is 9.80 Å². The van der Waals surface area contributed by atoms with Gasteiger partial charge in [0.25, 0.3) is 5.91 Å². The van der Waals surface area contributed by atoms with Crippen LogP contribution in [0.15, 0.2) is 18.2 Å². The summed E-state index contributed by atoms with van der Waals surface area (Å²) in [6.07, 6.45) is 1.38. The van der Waals surface area contributed by atoms with Gasteiger partial charge in [-0.2, -0.15) is 0 Å². The molecule has 0 unspecified atom stereocenters. The van der Waals surface area contributed by atoms with Crippen molar-refractivity contribution in [1.29, 1.82) is 0 Å². The van der Waals surface area contributed by atoms with Crippen molar-refractivity contribution in [2.75, 3.05) is 33.3 Å². The number of nitro groups is 1. The van der Waals surface area contributed by atoms with E-state index in [2.05, 4.69) is 13.8 Å². The Labute approximate surface area is 152 Å². The van der Waals surface area contributed by atoms with Gasteiger partial charge >= 0.3 is 5.69 Å². The quantitative estimate of drug-likeness (QED) is 0.571. The molecule has 26 heavy (non-hydrogen) atoms. The fraction of sp³-hybridized carbons (Fsp3) is 0.556. The van der Waals surface area contributed by atoms with E-state index >= 15 is 0 Å². The van der Waals surface area contributed by atoms with Gasteiger partial charge in [0, 0.05) is 44.2 Å². The van der Waals surface area contributed by atoms with E-state index in [4.69, 9.17) is 4.74 Å². The molecule has 1 saturated heterocycles. The lowest BCUT2D eigenvalue weighted by molar-refractivity contribution is -0.385. The van der Waals surface area contributed by atoms with E-state index in [-0.39, 0.29) is 28.8 Å². The summed E-state index contributed by atoms with van der Waals surface area (Å²) in [4.78, 5) is 38.7. The highest BCUT2D eigenvalue weighted by Crippen LogP contribution is 2.28. The van der Waals surface area contributed by atoms with Crippen LogP contribution < -0.4 is 4.74 Å². The number of carbonyl (C=O) groups excluding carboxylic acids is 2. The summed E-state index contributed by atoms with van der Waals surface area (Å²) in [7, 11) is 1.35. The van der Waals surface area contributed by atoms with Gasteiger partial charge in [-0.15, -0.1) is 0 Å². The van der Waals surface area contributed by atoms with Crippen LogP contribution in [-0.2, 0) is 4.79 Å². The second-order valence-corrected chi connectivity index (χ2v) is 6.75. The topological polar surface area (TPSA) is 93.0 Å². The summed E-state index contributed by atoms with van der Waals surface area (Å²) in [6, 6.07) is 4.19. The van der Waals surface area contributed by atoms with Gasteiger partial charge < -0.3 is 14.5 Å². The van der Waals surface area contributed by atoms with Crippen molar-refractivity contribution >= 4 is 17.5 Å². The number of ether oxygens (including phenoxy) is 1. The maximum absolute atomic E-state index is 12.6. The van der Waals surface area contributed by atoms with Crippen LogP contribution in [0.3, 0.4) is 0 Å². The van der Waals surface area contributed by atoms with Gasteiger partial charge in [0.05, 0.1) is 12.0 Å². The molecule has 1 fully saturated rings. The van der Waals surface area contributed by atoms with Crippen molar-refractivity contribution in [3.05, 3.63) is 33.9 Å². The molecule has 0 N–H and O–H groups in total. The summed E-state index contributed by atoms with van der Waals surface area (Å²) in [6.45, 7) is 5.98. The van der Waals surface area contributed by atoms with Gasteiger partial charge in [-0.25, -0.2) is 0 Å². The van der Waals surface area contributed by atoms with Crippen LogP contribution in [0.25, 0.3) is 0 Å². The number of nitrogens with zero attached hydrogens (tertiary/aromatic N) is 3. The highest BCUT2D eigenvalue weighted by molar-refractivity contribution is 5.95. The molecule has 0 aliphatic carbocycles. The molecule has 1 heterocycles. The zero-order valence-electron chi connectivity index (χ0n) is 15.4. The van der Waals surface area contributed by atoms with Crippen LogP contribution in [-0.4, -0.2) is 59.8 Å². The van der Waals surface area contributed by atoms with Gasteiger partial charge in [-0.3, -0.25) is 19.7 Å². The largest absolute Gasteiger partial charge is 0.490 e. The van der Waals surface area contributed by atoms with Gasteiger partial charge in [-0.1, -0.05) is 13.8 Å². The summed E-state index contributed by atoms with van der Waals surface area (Å²) >= 11 is 0. The van der Waals surface area contributed by atoms with Gasteiger partial charge in [0.15, 0.2) is 5.75 Å². The Bertz CT molecular complexity index is 681. The zero-order valence-corrected chi connectivity index (χ0v) is 15.4. The Morgan fingerprint density at radius 3 is 2.35 bits per heavy atom. The number of carbonyl (C=O) groups is 2. The lowest BCUT2D eigenvalue weighted by atomic mass is 10.1. The van der Waals surface area contributed by atoms with Gasteiger partial charge in [0.1, 0.15) is 0 Å². The predicted molar refractivity (Wildman–Crippen MR) is 96.2 cm³/mol. The highest BCUT2D eigenvalue weighted by atomic mass is 16.6. The summed E-state index contributed by atoms with van der Waals surface area (Å²) in [5, 5.41) is 11.1. The van der Waals surface area contributed by atoms with Crippen molar-refractivity contribution in [3.63, 3.8) is 0 Å². The zero-order chi connectivity index (χ0) is 19.3. The van der Waals surface area contributed by atoms with Crippen LogP contribution in [0.1, 0.15) is 37.0 Å². The van der Waals surface area contributed by atoms with E-state index in [1.165, 1.54) is 25.3 Å². The van der Waals surface area contributed by atoms with E-state index < -0.39 is 4.92 Å². The number of rotatable bonds is 6. The monoisotopic (exact) mass is 363 g/mol. The third kappa shape index (κ3) is 4.71. The maximum Gasteiger partial charge on any atom is 0.311 e. The molecule has 1 aromatic carbocycles. The van der Waals surface area contributed by atoms with E-state index in [1.807, 2.05) is 0 Å². The summed E-state index contributed by atoms with van der Waals surface area (Å²) in [5.74, 6) is 0.440. The van der Waals surface area contributed by atoms with Crippen molar-refractivity contribution < 1.29 is 19.2 Å². The average molecular weight is 363 g/mol. The molecular weight excluding hydrogens is 338 g/mol. The number of piperazine rings is 1. The molecule has 0 bridgehead atoms. The highest BCUT2D eigenvalue weighted by Gasteiger charge is 2.26. The Morgan fingerprint density at radius 2 is 1.81 bits per heavy atom. The fourth-order valence-electron chi connectivity index (χ4n) is 2.88. The fourth-order valence-corrected chi connectivity index (χ4v) is 2.88. The molecule has 142 valence electrons. The molecule has 0 atom stereocenters. The Kier molecular flexibility index (Phi) is 6.54. The Morgan fingerprint density at radius 1 is 1.19 bits per heavy atom. The van der Waals surface area contributed by atoms with E-state index in [9.17, 15) is 19.7 Å². The predicted octanol–water partition coefficient (Wildman–Crippen LogP) is 2.32. The molecule has 1 aliphatic rings. The first-order valence-electron chi connectivity index (χ1n) is 8.73. The first kappa shape index (κ1) is 19.7. The first-order chi connectivity index (χ1) is 12.3. The lowest BCUT2D eigenvalue weighted by Gasteiger charge is -2.35. The third-order valence-corrected chi connectivity index (χ3v) is 4.48. The average Bonchev–Trinajstić information content (AvgIpc) is 2.65. The third-order valence-electron chi connectivity index (χ3n) is 4.48. The molecule has 0 saturated carbocycles. The number of amides is 2. The second-order valence-electron chi connectivity index (χ2n) is 6.75. The van der Waals surface area contributed by atoms with Crippen LogP contribution in [0, 0.1) is 16.0 Å². The van der Waals surface area contributed by atoms with Crippen LogP contribution >= 0.6 is 0 Å².